The number of hydrogen-bond donors (Lipinski definition) is 4. The fourth-order valence-corrected chi connectivity index (χ4v) is 15.0. The highest BCUT2D eigenvalue weighted by molar-refractivity contribution is 5.95. The van der Waals surface area contributed by atoms with Gasteiger partial charge in [0.2, 0.25) is 5.60 Å². The molecule has 1 saturated carbocycles. The van der Waals surface area contributed by atoms with Gasteiger partial charge in [0.05, 0.1) is 32.9 Å². The molecule has 2 bridgehead atoms. The van der Waals surface area contributed by atoms with Crippen LogP contribution in [0.3, 0.4) is 0 Å². The van der Waals surface area contributed by atoms with E-state index in [-0.39, 0.29) is 18.0 Å². The van der Waals surface area contributed by atoms with Gasteiger partial charge in [0.1, 0.15) is 11.2 Å². The van der Waals surface area contributed by atoms with Crippen LogP contribution in [-0.2, 0) is 52.3 Å². The average molecular weight is 957 g/mol. The quantitative estimate of drug-likeness (QED) is 0.0842. The maximum absolute atomic E-state index is 15.7. The number of ether oxygens (including phenoxy) is 4. The number of H-pyrrole nitrogens is 1. The van der Waals surface area contributed by atoms with Crippen molar-refractivity contribution in [2.45, 2.75) is 106 Å². The van der Waals surface area contributed by atoms with Gasteiger partial charge in [-0.3, -0.25) is 14.5 Å². The minimum absolute atomic E-state index is 0.122. The van der Waals surface area contributed by atoms with Crippen molar-refractivity contribution in [3.63, 3.8) is 0 Å². The summed E-state index contributed by atoms with van der Waals surface area (Å²) in [6, 6.07) is 20.8. The number of anilines is 1. The summed E-state index contributed by atoms with van der Waals surface area (Å²) in [6.07, 6.45) is 6.74. The normalized spacial score (nSPS) is 32.8. The zero-order valence-electron chi connectivity index (χ0n) is 41.6. The number of carbonyl (C=O) groups is 4. The van der Waals surface area contributed by atoms with Gasteiger partial charge in [-0.05, 0) is 86.2 Å². The maximum Gasteiger partial charge on any atom is 0.344 e. The van der Waals surface area contributed by atoms with Crippen molar-refractivity contribution in [3.05, 3.63) is 107 Å². The summed E-state index contributed by atoms with van der Waals surface area (Å²) in [5, 5.41) is 21.1. The van der Waals surface area contributed by atoms with Crippen molar-refractivity contribution < 1.29 is 43.2 Å². The summed E-state index contributed by atoms with van der Waals surface area (Å²) in [5.74, 6) is -1.63. The van der Waals surface area contributed by atoms with Gasteiger partial charge in [0, 0.05) is 97.5 Å². The summed E-state index contributed by atoms with van der Waals surface area (Å²) in [5.41, 5.74) is -0.374. The number of methoxy groups -OCH3 is 3. The number of aromatic nitrogens is 1. The van der Waals surface area contributed by atoms with Crippen LogP contribution >= 0.6 is 0 Å². The number of aromatic amines is 1. The largest absolute Gasteiger partial charge is 0.496 e. The van der Waals surface area contributed by atoms with Crippen molar-refractivity contribution >= 4 is 40.5 Å². The predicted molar refractivity (Wildman–Crippen MR) is 265 cm³/mol. The number of likely N-dealkylation sites (N-methyl/N-ethyl adjacent to an activating group) is 1. The Labute approximate surface area is 410 Å². The van der Waals surface area contributed by atoms with E-state index in [1.54, 1.807) is 7.11 Å². The molecule has 3 aromatic carbocycles. The van der Waals surface area contributed by atoms with E-state index < -0.39 is 57.4 Å². The second kappa shape index (κ2) is 17.7. The zero-order valence-corrected chi connectivity index (χ0v) is 41.6. The number of nitrogens with zero attached hydrogens (tertiary/aromatic N) is 3. The smallest absolute Gasteiger partial charge is 0.344 e. The van der Waals surface area contributed by atoms with Gasteiger partial charge in [-0.2, -0.15) is 0 Å². The number of rotatable bonds is 11. The Morgan fingerprint density at radius 1 is 0.900 bits per heavy atom. The van der Waals surface area contributed by atoms with Gasteiger partial charge >= 0.3 is 23.9 Å². The van der Waals surface area contributed by atoms with Gasteiger partial charge in [-0.1, -0.05) is 74.5 Å². The van der Waals surface area contributed by atoms with Crippen molar-refractivity contribution in [1.29, 1.82) is 0 Å². The van der Waals surface area contributed by atoms with Crippen LogP contribution in [-0.4, -0.2) is 141 Å². The number of esters is 3. The molecule has 372 valence electrons. The molecule has 10 rings (SSSR count). The average Bonchev–Trinajstić information content (AvgIpc) is 4.03. The minimum Gasteiger partial charge on any atom is -0.496 e. The lowest BCUT2D eigenvalue weighted by atomic mass is 9.47. The zero-order chi connectivity index (χ0) is 49.4. The number of hydrogen-bond acceptors (Lipinski definition) is 12. The van der Waals surface area contributed by atoms with Crippen molar-refractivity contribution in [2.75, 3.05) is 72.5 Å². The molecule has 2 saturated heterocycles. The number of benzene rings is 3. The molecule has 1 unspecified atom stereocenters. The van der Waals surface area contributed by atoms with E-state index in [2.05, 4.69) is 68.8 Å². The van der Waals surface area contributed by atoms with Crippen LogP contribution in [0.1, 0.15) is 80.8 Å². The Morgan fingerprint density at radius 3 is 2.37 bits per heavy atom. The molecule has 15 nitrogen and oxygen atoms in total. The van der Waals surface area contributed by atoms with Crippen molar-refractivity contribution in [2.24, 2.45) is 11.3 Å². The number of para-hydroxylation sites is 1. The predicted octanol–water partition coefficient (Wildman–Crippen LogP) is 5.54. The number of fused-ring (bicyclic) bond motifs is 6. The first-order chi connectivity index (χ1) is 33.7. The topological polar surface area (TPSA) is 175 Å². The molecule has 3 fully saturated rings. The van der Waals surface area contributed by atoms with Gasteiger partial charge in [-0.25, -0.2) is 9.59 Å². The lowest BCUT2D eigenvalue weighted by Crippen LogP contribution is -2.81. The van der Waals surface area contributed by atoms with Gasteiger partial charge in [-0.15, -0.1) is 0 Å². The summed E-state index contributed by atoms with van der Waals surface area (Å²) >= 11 is 0. The maximum atomic E-state index is 15.7. The Bertz CT molecular complexity index is 2740. The highest BCUT2D eigenvalue weighted by Gasteiger charge is 2.80. The Kier molecular flexibility index (Phi) is 12.1. The molecule has 1 spiro atoms. The van der Waals surface area contributed by atoms with E-state index in [0.717, 1.165) is 39.0 Å². The molecule has 2 amide bonds. The van der Waals surface area contributed by atoms with Crippen molar-refractivity contribution in [1.82, 2.24) is 25.4 Å². The van der Waals surface area contributed by atoms with Gasteiger partial charge in [0.15, 0.2) is 6.10 Å². The number of nitrogens with one attached hydrogen (secondary N) is 3. The van der Waals surface area contributed by atoms with Crippen molar-refractivity contribution in [3.8, 4) is 5.75 Å². The molecule has 4 aromatic rings. The lowest BCUT2D eigenvalue weighted by Gasteiger charge is -2.63. The first-order valence-corrected chi connectivity index (χ1v) is 25.1. The summed E-state index contributed by atoms with van der Waals surface area (Å²) in [7, 11) is 6.17. The van der Waals surface area contributed by atoms with Crippen LogP contribution in [0.25, 0.3) is 10.9 Å². The Balaban J connectivity index is 1.16. The van der Waals surface area contributed by atoms with E-state index in [9.17, 15) is 19.5 Å². The highest BCUT2D eigenvalue weighted by atomic mass is 16.6. The number of urea groups is 1. The second-order valence-electron chi connectivity index (χ2n) is 20.9. The molecular formula is C55H68N6O9. The highest BCUT2D eigenvalue weighted by Crippen LogP contribution is 2.68. The fourth-order valence-electron chi connectivity index (χ4n) is 15.0. The van der Waals surface area contributed by atoms with Crippen LogP contribution in [0, 0.1) is 11.3 Å². The van der Waals surface area contributed by atoms with E-state index in [4.69, 9.17) is 18.9 Å². The molecular weight excluding hydrogens is 889 g/mol. The number of amides is 2. The van der Waals surface area contributed by atoms with Crippen LogP contribution in [0.4, 0.5) is 10.5 Å². The third-order valence-electron chi connectivity index (χ3n) is 17.6. The lowest BCUT2D eigenvalue weighted by molar-refractivity contribution is -0.228. The molecule has 0 radical (unpaired) electrons. The first-order valence-electron chi connectivity index (χ1n) is 25.1. The summed E-state index contributed by atoms with van der Waals surface area (Å²) < 4.78 is 24.3. The number of aliphatic hydroxyl groups is 1. The number of piperidine rings is 1. The standard InChI is InChI=1S/C55H68N6O9/c1-8-51(58-50(65)56-24-20-35-16-11-10-12-17-35)30-36-31-54(48(63)68-6,44-38(21-26-60(32-36)33-51)37-18-13-14-19-41(37)57-44)40-28-39-42(29-43(40)67-5)59(4)46-53(39)23-27-61-25-15-22-52(9-2,45(53)61)47(70-34(3)62)55(46,66)49(64)69-7/h10-19,22,28-29,36,45-47,57,66H,8-9,20-21,23-27,30-33H2,1-7H3,(H2,56,58,65)/t36-,45-,46+,47+,51-,52+,53+,54-,55-/m0/s1. The van der Waals surface area contributed by atoms with Gasteiger partial charge in [0.25, 0.3) is 0 Å². The number of carbonyl (C=O) groups excluding carboxylic acids is 4. The second-order valence-corrected chi connectivity index (χ2v) is 20.9. The van der Waals surface area contributed by atoms with Crippen LogP contribution < -0.4 is 20.3 Å². The SMILES string of the molecule is CC[C@]1(NC(=O)NCCc2ccccc2)C[C@@H]2CN(CCc3c([nH]c4ccccc34)[C@@](C(=O)OC)(c3cc4c(cc3OC)N(C)[C@H]3[C@@](O)(C(=O)OC)[C@H](OC(C)=O)[C@]5(CC)C=CCN6CC[C@]43[C@@H]65)C2)C1. The molecule has 5 aliphatic heterocycles. The molecule has 6 aliphatic rings. The molecule has 70 heavy (non-hydrogen) atoms. The van der Waals surface area contributed by atoms with E-state index in [1.165, 1.54) is 21.1 Å². The van der Waals surface area contributed by atoms with Crippen LogP contribution in [0.15, 0.2) is 78.9 Å². The Hall–Kier alpha value is -5.90. The molecule has 10 atom stereocenters. The molecule has 4 N–H and O–H groups in total. The van der Waals surface area contributed by atoms with Crippen LogP contribution in [0.5, 0.6) is 5.75 Å². The van der Waals surface area contributed by atoms with Gasteiger partial charge < -0.3 is 49.5 Å². The Morgan fingerprint density at radius 2 is 1.66 bits per heavy atom. The molecule has 6 heterocycles. The first kappa shape index (κ1) is 47.8. The molecule has 1 aromatic heterocycles. The molecule has 1 aliphatic carbocycles. The molecule has 15 heteroatoms. The van der Waals surface area contributed by atoms with E-state index in [0.29, 0.717) is 95.5 Å². The summed E-state index contributed by atoms with van der Waals surface area (Å²) in [6.45, 7) is 9.24. The van der Waals surface area contributed by atoms with Crippen LogP contribution in [0.2, 0.25) is 0 Å². The monoisotopic (exact) mass is 957 g/mol. The van der Waals surface area contributed by atoms with E-state index in [1.807, 2.05) is 61.3 Å². The summed E-state index contributed by atoms with van der Waals surface area (Å²) in [4.78, 5) is 67.9. The third kappa shape index (κ3) is 6.92. The fraction of sp³-hybridized carbons (Fsp3) is 0.527. The third-order valence-corrected chi connectivity index (χ3v) is 17.6. The minimum atomic E-state index is -2.33. The van der Waals surface area contributed by atoms with E-state index >= 15 is 4.79 Å².